The number of aromatic nitrogens is 1. The number of aryl methyl sites for hydroxylation is 1. The van der Waals surface area contributed by atoms with Gasteiger partial charge in [0.05, 0.1) is 6.54 Å². The van der Waals surface area contributed by atoms with Crippen LogP contribution in [0.5, 0.6) is 0 Å². The minimum atomic E-state index is -0.522. The van der Waals surface area contributed by atoms with Gasteiger partial charge in [0.2, 0.25) is 5.91 Å². The number of carbonyl (C=O) groups excluding carboxylic acids is 2. The van der Waals surface area contributed by atoms with Gasteiger partial charge in [-0.05, 0) is 87.8 Å². The topological polar surface area (TPSA) is 83.6 Å². The monoisotopic (exact) mass is 496 g/mol. The molecule has 0 bridgehead atoms. The highest BCUT2D eigenvalue weighted by Gasteiger charge is 2.32. The molecule has 7 nitrogen and oxygen atoms in total. The highest BCUT2D eigenvalue weighted by Crippen LogP contribution is 2.35. The van der Waals surface area contributed by atoms with Crippen molar-refractivity contribution < 1.29 is 18.7 Å². The Morgan fingerprint density at radius 3 is 2.61 bits per heavy atom. The Labute approximate surface area is 212 Å². The molecule has 2 amide bonds. The summed E-state index contributed by atoms with van der Waals surface area (Å²) < 4.78 is 19.2. The second-order valence-corrected chi connectivity index (χ2v) is 10.9. The molecule has 2 N–H and O–H groups in total. The predicted octanol–water partition coefficient (Wildman–Crippen LogP) is 3.97. The molecular weight excluding hydrogens is 459 g/mol. The van der Waals surface area contributed by atoms with Crippen LogP contribution in [0.1, 0.15) is 62.6 Å². The maximum Gasteiger partial charge on any atom is 0.407 e. The Morgan fingerprint density at radius 2 is 1.92 bits per heavy atom. The summed E-state index contributed by atoms with van der Waals surface area (Å²) in [5.74, 6) is -0.160. The lowest BCUT2D eigenvalue weighted by atomic mass is 9.76. The average molecular weight is 497 g/mol. The second-order valence-electron chi connectivity index (χ2n) is 10.9. The third kappa shape index (κ3) is 7.26. The fraction of sp³-hybridized carbons (Fsp3) is 0.536. The number of piperidine rings is 1. The zero-order valence-corrected chi connectivity index (χ0v) is 21.4. The summed E-state index contributed by atoms with van der Waals surface area (Å²) in [5, 5.41) is 6.21. The lowest BCUT2D eigenvalue weighted by molar-refractivity contribution is -0.123. The van der Waals surface area contributed by atoms with Crippen molar-refractivity contribution in [3.05, 3.63) is 65.2 Å². The first-order valence-corrected chi connectivity index (χ1v) is 12.8. The number of amides is 2. The first-order valence-electron chi connectivity index (χ1n) is 12.8. The number of carbonyl (C=O) groups is 2. The van der Waals surface area contributed by atoms with Crippen molar-refractivity contribution in [3.63, 3.8) is 0 Å². The number of fused-ring (bicyclic) bond motifs is 1. The molecule has 0 radical (unpaired) electrons. The first kappa shape index (κ1) is 26.1. The molecule has 1 fully saturated rings. The van der Waals surface area contributed by atoms with Gasteiger partial charge in [0.1, 0.15) is 11.4 Å². The van der Waals surface area contributed by atoms with Gasteiger partial charge in [-0.3, -0.25) is 14.7 Å². The van der Waals surface area contributed by atoms with E-state index in [-0.39, 0.29) is 29.7 Å². The van der Waals surface area contributed by atoms with E-state index < -0.39 is 11.7 Å². The normalized spacial score (nSPS) is 20.9. The standard InChI is InChI=1S/C28H37FN4O3/c1-28(2,3)36-27(35)31-22-10-13-33(14-11-22)18-26(34)32-25-9-6-20-16-21(29)7-8-23(20)24(25)15-19-5-4-12-30-17-19/h4-5,7-8,12,16-17,22,24-25H,6,9-11,13-15,18H2,1-3H3,(H,31,35)(H,32,34)/t24-,25+/m1/s1. The van der Waals surface area contributed by atoms with E-state index in [9.17, 15) is 14.0 Å². The number of pyridine rings is 1. The van der Waals surface area contributed by atoms with Crippen LogP contribution in [0.4, 0.5) is 9.18 Å². The third-order valence-electron chi connectivity index (χ3n) is 6.92. The number of benzene rings is 1. The van der Waals surface area contributed by atoms with Gasteiger partial charge in [0.15, 0.2) is 0 Å². The van der Waals surface area contributed by atoms with Crippen molar-refractivity contribution in [2.75, 3.05) is 19.6 Å². The molecule has 4 rings (SSSR count). The molecule has 0 saturated carbocycles. The van der Waals surface area contributed by atoms with Crippen LogP contribution in [0, 0.1) is 5.82 Å². The van der Waals surface area contributed by atoms with Crippen molar-refractivity contribution >= 4 is 12.0 Å². The van der Waals surface area contributed by atoms with E-state index >= 15 is 0 Å². The lowest BCUT2D eigenvalue weighted by Crippen LogP contribution is -2.50. The number of likely N-dealkylation sites (tertiary alicyclic amines) is 1. The highest BCUT2D eigenvalue weighted by atomic mass is 19.1. The van der Waals surface area contributed by atoms with Gasteiger partial charge in [0, 0.05) is 43.5 Å². The SMILES string of the molecule is CC(C)(C)OC(=O)NC1CCN(CC(=O)N[C@H]2CCc3cc(F)ccc3[C@H]2Cc2cccnc2)CC1. The Balaban J connectivity index is 1.32. The summed E-state index contributed by atoms with van der Waals surface area (Å²) in [6, 6.07) is 8.98. The van der Waals surface area contributed by atoms with E-state index in [1.165, 1.54) is 6.07 Å². The summed E-state index contributed by atoms with van der Waals surface area (Å²) in [7, 11) is 0. The number of hydrogen-bond donors (Lipinski definition) is 2. The number of alkyl carbamates (subject to hydrolysis) is 1. The van der Waals surface area contributed by atoms with Crippen molar-refractivity contribution in [2.24, 2.45) is 0 Å². The zero-order chi connectivity index (χ0) is 25.7. The van der Waals surface area contributed by atoms with Gasteiger partial charge in [-0.2, -0.15) is 0 Å². The van der Waals surface area contributed by atoms with E-state index in [4.69, 9.17) is 4.74 Å². The third-order valence-corrected chi connectivity index (χ3v) is 6.92. The summed E-state index contributed by atoms with van der Waals surface area (Å²) in [6.45, 7) is 7.33. The number of ether oxygens (including phenoxy) is 1. The average Bonchev–Trinajstić information content (AvgIpc) is 2.81. The second kappa shape index (κ2) is 11.4. The highest BCUT2D eigenvalue weighted by molar-refractivity contribution is 5.78. The van der Waals surface area contributed by atoms with Crippen LogP contribution in [0.2, 0.25) is 0 Å². The van der Waals surface area contributed by atoms with Crippen LogP contribution in [0.15, 0.2) is 42.7 Å². The van der Waals surface area contributed by atoms with Crippen LogP contribution in [0.3, 0.4) is 0 Å². The Morgan fingerprint density at radius 1 is 1.14 bits per heavy atom. The predicted molar refractivity (Wildman–Crippen MR) is 136 cm³/mol. The molecule has 0 spiro atoms. The lowest BCUT2D eigenvalue weighted by Gasteiger charge is -2.36. The molecule has 1 saturated heterocycles. The molecule has 1 aliphatic heterocycles. The molecule has 8 heteroatoms. The van der Waals surface area contributed by atoms with Gasteiger partial charge < -0.3 is 15.4 Å². The quantitative estimate of drug-likeness (QED) is 0.632. The summed E-state index contributed by atoms with van der Waals surface area (Å²) >= 11 is 0. The Hall–Kier alpha value is -3.00. The van der Waals surface area contributed by atoms with E-state index in [0.717, 1.165) is 61.9 Å². The van der Waals surface area contributed by atoms with E-state index in [1.54, 1.807) is 12.3 Å². The number of rotatable bonds is 6. The molecule has 2 aromatic rings. The van der Waals surface area contributed by atoms with Gasteiger partial charge in [-0.1, -0.05) is 12.1 Å². The fourth-order valence-corrected chi connectivity index (χ4v) is 5.24. The Bertz CT molecular complexity index is 1050. The maximum atomic E-state index is 13.9. The van der Waals surface area contributed by atoms with Crippen LogP contribution in [-0.2, 0) is 22.4 Å². The van der Waals surface area contributed by atoms with Gasteiger partial charge >= 0.3 is 6.09 Å². The van der Waals surface area contributed by atoms with Crippen molar-refractivity contribution in [3.8, 4) is 0 Å². The van der Waals surface area contributed by atoms with E-state index in [1.807, 2.05) is 45.2 Å². The number of nitrogens with one attached hydrogen (secondary N) is 2. The van der Waals surface area contributed by atoms with Gasteiger partial charge in [-0.25, -0.2) is 9.18 Å². The fourth-order valence-electron chi connectivity index (χ4n) is 5.24. The van der Waals surface area contributed by atoms with Crippen LogP contribution < -0.4 is 10.6 Å². The largest absolute Gasteiger partial charge is 0.444 e. The maximum absolute atomic E-state index is 13.9. The summed E-state index contributed by atoms with van der Waals surface area (Å²) in [6.07, 6.45) is 7.01. The molecule has 1 aromatic heterocycles. The molecule has 2 heterocycles. The van der Waals surface area contributed by atoms with Crippen molar-refractivity contribution in [1.82, 2.24) is 20.5 Å². The van der Waals surface area contributed by atoms with E-state index in [2.05, 4.69) is 20.5 Å². The van der Waals surface area contributed by atoms with Crippen LogP contribution in [-0.4, -0.2) is 59.2 Å². The van der Waals surface area contributed by atoms with Gasteiger partial charge in [0.25, 0.3) is 0 Å². The molecule has 1 aromatic carbocycles. The zero-order valence-electron chi connectivity index (χ0n) is 21.4. The van der Waals surface area contributed by atoms with Crippen molar-refractivity contribution in [2.45, 2.75) is 76.5 Å². The first-order chi connectivity index (χ1) is 17.2. The number of hydrogen-bond acceptors (Lipinski definition) is 5. The molecule has 1 aliphatic carbocycles. The summed E-state index contributed by atoms with van der Waals surface area (Å²) in [5.41, 5.74) is 2.70. The molecule has 2 atom stereocenters. The number of halogens is 1. The van der Waals surface area contributed by atoms with Gasteiger partial charge in [-0.15, -0.1) is 0 Å². The molecular formula is C28H37FN4O3. The summed E-state index contributed by atoms with van der Waals surface area (Å²) in [4.78, 5) is 31.5. The van der Waals surface area contributed by atoms with Crippen molar-refractivity contribution in [1.29, 1.82) is 0 Å². The smallest absolute Gasteiger partial charge is 0.407 e. The van der Waals surface area contributed by atoms with Crippen LogP contribution in [0.25, 0.3) is 0 Å². The Kier molecular flexibility index (Phi) is 8.24. The molecule has 36 heavy (non-hydrogen) atoms. The van der Waals surface area contributed by atoms with Crippen LogP contribution >= 0.6 is 0 Å². The molecule has 194 valence electrons. The minimum absolute atomic E-state index is 0.000278. The number of nitrogens with zero attached hydrogens (tertiary/aromatic N) is 2. The molecule has 0 unspecified atom stereocenters. The van der Waals surface area contributed by atoms with E-state index in [0.29, 0.717) is 6.54 Å². The molecule has 2 aliphatic rings. The minimum Gasteiger partial charge on any atom is -0.444 e.